The van der Waals surface area contributed by atoms with E-state index in [-0.39, 0.29) is 5.37 Å². The number of hydrogen-bond acceptors (Lipinski definition) is 5. The van der Waals surface area contributed by atoms with E-state index in [4.69, 9.17) is 16.6 Å². The molecule has 0 saturated carbocycles. The van der Waals surface area contributed by atoms with Gasteiger partial charge in [0.1, 0.15) is 0 Å². The van der Waals surface area contributed by atoms with Gasteiger partial charge in [-0.15, -0.1) is 0 Å². The highest BCUT2D eigenvalue weighted by Crippen LogP contribution is 2.37. The minimum absolute atomic E-state index is 0.350. The van der Waals surface area contributed by atoms with Gasteiger partial charge in [0.05, 0.1) is 38.8 Å². The van der Waals surface area contributed by atoms with E-state index in [1.165, 1.54) is 25.9 Å². The molecule has 3 aliphatic rings. The highest BCUT2D eigenvalue weighted by atomic mass is 35.5. The van der Waals surface area contributed by atoms with E-state index in [1.54, 1.807) is 0 Å². The molecule has 1 fully saturated rings. The van der Waals surface area contributed by atoms with Crippen LogP contribution in [0.15, 0.2) is 64.9 Å². The Morgan fingerprint density at radius 3 is 2.67 bits per heavy atom. The van der Waals surface area contributed by atoms with Crippen LogP contribution < -0.4 is 4.90 Å². The standard InChI is InChI=1S/C25H26ClN5OS/c26-19-5-3-18(4-6-19)25-28-21-9-12-30(16-24(21)33(25)32)20-7-8-23-22(15-20)27-17-31(23)14-13-29-10-1-2-11-29/h3-8,15-17,25H,1-2,9-14H2. The summed E-state index contributed by atoms with van der Waals surface area (Å²) in [6.45, 7) is 5.29. The van der Waals surface area contributed by atoms with Crippen molar-refractivity contribution in [2.45, 2.75) is 31.2 Å². The molecule has 6 nitrogen and oxygen atoms in total. The number of anilines is 1. The largest absolute Gasteiger partial charge is 0.346 e. The molecule has 2 aromatic carbocycles. The monoisotopic (exact) mass is 479 g/mol. The average molecular weight is 480 g/mol. The van der Waals surface area contributed by atoms with E-state index in [9.17, 15) is 4.21 Å². The molecule has 3 aliphatic heterocycles. The van der Waals surface area contributed by atoms with Crippen LogP contribution in [0, 0.1) is 0 Å². The third kappa shape index (κ3) is 4.03. The zero-order valence-corrected chi connectivity index (χ0v) is 19.9. The van der Waals surface area contributed by atoms with Gasteiger partial charge in [-0.25, -0.2) is 4.98 Å². The molecule has 33 heavy (non-hydrogen) atoms. The predicted molar refractivity (Wildman–Crippen MR) is 135 cm³/mol. The second-order valence-corrected chi connectivity index (χ2v) is 10.8. The maximum absolute atomic E-state index is 13.2. The van der Waals surface area contributed by atoms with Gasteiger partial charge in [-0.2, -0.15) is 0 Å². The second-order valence-electron chi connectivity index (χ2n) is 8.87. The molecule has 4 heterocycles. The highest BCUT2D eigenvalue weighted by molar-refractivity contribution is 7.90. The number of aromatic nitrogens is 2. The van der Waals surface area contributed by atoms with Gasteiger partial charge in [0.15, 0.2) is 5.37 Å². The van der Waals surface area contributed by atoms with Crippen molar-refractivity contribution in [3.8, 4) is 0 Å². The third-order valence-electron chi connectivity index (χ3n) is 6.79. The number of allylic oxidation sites excluding steroid dienone is 1. The number of benzene rings is 2. The Bertz CT molecular complexity index is 1280. The molecule has 2 atom stereocenters. The van der Waals surface area contributed by atoms with Gasteiger partial charge < -0.3 is 14.4 Å². The van der Waals surface area contributed by atoms with Crippen LogP contribution in [0.3, 0.4) is 0 Å². The molecular formula is C25H26ClN5OS. The van der Waals surface area contributed by atoms with Gasteiger partial charge in [0.25, 0.3) is 0 Å². The summed E-state index contributed by atoms with van der Waals surface area (Å²) in [6.07, 6.45) is 7.38. The highest BCUT2D eigenvalue weighted by Gasteiger charge is 2.34. The number of nitrogens with zero attached hydrogens (tertiary/aromatic N) is 5. The van der Waals surface area contributed by atoms with E-state index in [0.717, 1.165) is 59.0 Å². The maximum Gasteiger partial charge on any atom is 0.155 e. The summed E-state index contributed by atoms with van der Waals surface area (Å²) in [6, 6.07) is 13.9. The Morgan fingerprint density at radius 2 is 1.85 bits per heavy atom. The first-order valence-corrected chi connectivity index (χ1v) is 13.1. The fourth-order valence-electron chi connectivity index (χ4n) is 4.93. The Morgan fingerprint density at radius 1 is 1.03 bits per heavy atom. The van der Waals surface area contributed by atoms with Crippen molar-refractivity contribution in [2.24, 2.45) is 4.99 Å². The van der Waals surface area contributed by atoms with Crippen LogP contribution in [-0.4, -0.2) is 50.6 Å². The van der Waals surface area contributed by atoms with Crippen LogP contribution >= 0.6 is 11.6 Å². The molecular weight excluding hydrogens is 454 g/mol. The van der Waals surface area contributed by atoms with E-state index >= 15 is 0 Å². The zero-order chi connectivity index (χ0) is 22.4. The Balaban J connectivity index is 1.22. The molecule has 0 bridgehead atoms. The van der Waals surface area contributed by atoms with Crippen molar-refractivity contribution in [3.63, 3.8) is 0 Å². The van der Waals surface area contributed by atoms with Crippen molar-refractivity contribution < 1.29 is 4.21 Å². The summed E-state index contributed by atoms with van der Waals surface area (Å²) < 4.78 is 15.5. The number of aliphatic imine (C=N–C) groups is 1. The molecule has 0 aliphatic carbocycles. The van der Waals surface area contributed by atoms with E-state index in [0.29, 0.717) is 5.02 Å². The number of fused-ring (bicyclic) bond motifs is 2. The van der Waals surface area contributed by atoms with Crippen molar-refractivity contribution in [1.82, 2.24) is 14.5 Å². The van der Waals surface area contributed by atoms with Gasteiger partial charge in [-0.05, 0) is 61.8 Å². The fourth-order valence-corrected chi connectivity index (χ4v) is 6.54. The van der Waals surface area contributed by atoms with Gasteiger partial charge in [0, 0.05) is 43.0 Å². The van der Waals surface area contributed by atoms with Gasteiger partial charge in [0.2, 0.25) is 0 Å². The van der Waals surface area contributed by atoms with E-state index in [2.05, 4.69) is 37.5 Å². The Hall–Kier alpha value is -2.48. The van der Waals surface area contributed by atoms with Crippen molar-refractivity contribution >= 4 is 44.8 Å². The molecule has 1 aromatic heterocycles. The predicted octanol–water partition coefficient (Wildman–Crippen LogP) is 4.74. The summed E-state index contributed by atoms with van der Waals surface area (Å²) in [4.78, 5) is 15.0. The first kappa shape index (κ1) is 21.1. The van der Waals surface area contributed by atoms with Gasteiger partial charge >= 0.3 is 0 Å². The topological polar surface area (TPSA) is 53.7 Å². The molecule has 0 amide bonds. The quantitative estimate of drug-likeness (QED) is 0.530. The molecule has 0 spiro atoms. The lowest BCUT2D eigenvalue weighted by Gasteiger charge is -2.25. The summed E-state index contributed by atoms with van der Waals surface area (Å²) >= 11 is 6.02. The van der Waals surface area contributed by atoms with Crippen molar-refractivity contribution in [1.29, 1.82) is 0 Å². The summed E-state index contributed by atoms with van der Waals surface area (Å²) in [5, 5.41) is 0.323. The van der Waals surface area contributed by atoms with E-state index in [1.807, 2.05) is 36.8 Å². The number of hydrogen-bond donors (Lipinski definition) is 0. The summed E-state index contributed by atoms with van der Waals surface area (Å²) in [5.41, 5.74) is 5.13. The molecule has 6 rings (SSSR count). The number of rotatable bonds is 5. The van der Waals surface area contributed by atoms with Crippen LogP contribution in [0.2, 0.25) is 5.02 Å². The van der Waals surface area contributed by atoms with Crippen LogP contribution in [0.1, 0.15) is 30.2 Å². The first-order chi connectivity index (χ1) is 16.2. The Labute approximate surface area is 201 Å². The molecule has 3 aromatic rings. The molecule has 0 N–H and O–H groups in total. The van der Waals surface area contributed by atoms with E-state index < -0.39 is 10.8 Å². The third-order valence-corrected chi connectivity index (χ3v) is 8.60. The van der Waals surface area contributed by atoms with Crippen molar-refractivity contribution in [3.05, 3.63) is 70.5 Å². The summed E-state index contributed by atoms with van der Waals surface area (Å²) in [5.74, 6) is 0. The van der Waals surface area contributed by atoms with Crippen molar-refractivity contribution in [2.75, 3.05) is 31.1 Å². The lowest BCUT2D eigenvalue weighted by atomic mass is 10.1. The van der Waals surface area contributed by atoms with Crippen LogP contribution in [-0.2, 0) is 17.3 Å². The van der Waals surface area contributed by atoms with Crippen LogP contribution in [0.25, 0.3) is 11.0 Å². The zero-order valence-electron chi connectivity index (χ0n) is 18.4. The van der Waals surface area contributed by atoms with Gasteiger partial charge in [-0.3, -0.25) is 9.20 Å². The maximum atomic E-state index is 13.2. The average Bonchev–Trinajstić information content (AvgIpc) is 3.57. The minimum Gasteiger partial charge on any atom is -0.346 e. The minimum atomic E-state index is -1.21. The number of likely N-dealkylation sites (tertiary alicyclic amines) is 1. The lowest BCUT2D eigenvalue weighted by molar-refractivity contribution is 0.324. The molecule has 2 unspecified atom stereocenters. The molecule has 0 radical (unpaired) electrons. The molecule has 8 heteroatoms. The fraction of sp³-hybridized carbons (Fsp3) is 0.360. The SMILES string of the molecule is O=S1C2=CN(c3ccc4c(c3)ncn4CCN3CCCC3)CCC2=NC1c1ccc(Cl)cc1. The van der Waals surface area contributed by atoms with Crippen LogP contribution in [0.4, 0.5) is 5.69 Å². The Kier molecular flexibility index (Phi) is 5.56. The number of halogens is 1. The van der Waals surface area contributed by atoms with Gasteiger partial charge in [-0.1, -0.05) is 23.7 Å². The number of imidazole rings is 1. The second kappa shape index (κ2) is 8.70. The lowest BCUT2D eigenvalue weighted by Crippen LogP contribution is -2.27. The van der Waals surface area contributed by atoms with Crippen LogP contribution in [0.5, 0.6) is 0 Å². The molecule has 170 valence electrons. The normalized spacial score (nSPS) is 23.1. The molecule has 1 saturated heterocycles. The smallest absolute Gasteiger partial charge is 0.155 e. The first-order valence-electron chi connectivity index (χ1n) is 11.5. The summed E-state index contributed by atoms with van der Waals surface area (Å²) in [7, 11) is -1.21.